The van der Waals surface area contributed by atoms with Crippen LogP contribution in [-0.4, -0.2) is 33.1 Å². The van der Waals surface area contributed by atoms with Gasteiger partial charge in [0, 0.05) is 12.4 Å². The Morgan fingerprint density at radius 1 is 1.27 bits per heavy atom. The number of carbonyl (C=O) groups is 3. The van der Waals surface area contributed by atoms with Gasteiger partial charge in [-0.05, 0) is 11.6 Å². The highest BCUT2D eigenvalue weighted by Crippen LogP contribution is 2.34. The van der Waals surface area contributed by atoms with Crippen molar-refractivity contribution < 1.29 is 24.6 Å². The van der Waals surface area contributed by atoms with Crippen molar-refractivity contribution in [1.29, 1.82) is 0 Å². The van der Waals surface area contributed by atoms with Crippen molar-refractivity contribution in [2.45, 2.75) is 12.5 Å². The Kier molecular flexibility index (Phi) is 4.94. The number of rotatable bonds is 5. The number of hydrogen-bond acceptors (Lipinski definition) is 7. The van der Waals surface area contributed by atoms with Gasteiger partial charge in [-0.3, -0.25) is 9.69 Å². The molecule has 1 saturated heterocycles. The van der Waals surface area contributed by atoms with E-state index in [1.165, 1.54) is 0 Å². The highest BCUT2D eigenvalue weighted by molar-refractivity contribution is 8.26. The first kappa shape index (κ1) is 16.2. The van der Waals surface area contributed by atoms with Gasteiger partial charge in [-0.25, -0.2) is 0 Å². The van der Waals surface area contributed by atoms with Gasteiger partial charge in [-0.2, -0.15) is 0 Å². The molecule has 1 aliphatic heterocycles. The summed E-state index contributed by atoms with van der Waals surface area (Å²) < 4.78 is -0.0253. The third kappa shape index (κ3) is 3.52. The minimum absolute atomic E-state index is 0.0253. The fourth-order valence-electron chi connectivity index (χ4n) is 1.89. The van der Waals surface area contributed by atoms with Crippen LogP contribution in [-0.2, 0) is 14.4 Å². The number of carboxylic acid groups (broad SMARTS) is 2. The van der Waals surface area contributed by atoms with E-state index in [9.17, 15) is 24.6 Å². The summed E-state index contributed by atoms with van der Waals surface area (Å²) in [6.45, 7) is 0. The Morgan fingerprint density at radius 3 is 2.45 bits per heavy atom. The third-order valence-corrected chi connectivity index (χ3v) is 4.20. The molecule has 0 radical (unpaired) electrons. The second kappa shape index (κ2) is 6.71. The Bertz CT molecular complexity index is 671. The number of nitrogens with zero attached hydrogens (tertiary/aromatic N) is 1. The van der Waals surface area contributed by atoms with Crippen LogP contribution >= 0.6 is 24.0 Å². The summed E-state index contributed by atoms with van der Waals surface area (Å²) >= 11 is 5.90. The molecule has 1 atom stereocenters. The van der Waals surface area contributed by atoms with E-state index in [0.29, 0.717) is 0 Å². The maximum absolute atomic E-state index is 12.3. The fraction of sp³-hybridized carbons (Fsp3) is 0.143. The predicted octanol–water partition coefficient (Wildman–Crippen LogP) is -0.854. The van der Waals surface area contributed by atoms with E-state index >= 15 is 0 Å². The molecule has 0 saturated carbocycles. The van der Waals surface area contributed by atoms with Crippen LogP contribution in [0.5, 0.6) is 0 Å². The van der Waals surface area contributed by atoms with Crippen LogP contribution in [0.15, 0.2) is 35.2 Å². The van der Waals surface area contributed by atoms with Crippen molar-refractivity contribution in [3.8, 4) is 0 Å². The molecular weight excluding hydrogens is 326 g/mol. The van der Waals surface area contributed by atoms with E-state index in [-0.39, 0.29) is 9.23 Å². The van der Waals surface area contributed by atoms with Gasteiger partial charge in [0.15, 0.2) is 0 Å². The zero-order valence-electron chi connectivity index (χ0n) is 11.1. The predicted molar refractivity (Wildman–Crippen MR) is 79.9 cm³/mol. The van der Waals surface area contributed by atoms with E-state index in [0.717, 1.165) is 22.2 Å². The Labute approximate surface area is 135 Å². The lowest BCUT2D eigenvalue weighted by atomic mass is 10.1. The van der Waals surface area contributed by atoms with Gasteiger partial charge in [0.05, 0.1) is 16.9 Å². The SMILES string of the molecule is O=C([O-])C[C@H](C(=O)[O-])N1C(=O)/C(=C/c2ccccc2)SC1=S. The molecule has 0 N–H and O–H groups in total. The summed E-state index contributed by atoms with van der Waals surface area (Å²) in [7, 11) is 0. The first-order valence-electron chi connectivity index (χ1n) is 6.13. The molecule has 6 nitrogen and oxygen atoms in total. The minimum atomic E-state index is -1.69. The summed E-state index contributed by atoms with van der Waals surface area (Å²) in [6, 6.07) is 7.24. The number of amides is 1. The molecule has 1 aromatic carbocycles. The summed E-state index contributed by atoms with van der Waals surface area (Å²) in [5, 5.41) is 21.7. The normalized spacial score (nSPS) is 17.8. The second-order valence-corrected chi connectivity index (χ2v) is 6.05. The molecule has 1 aliphatic rings. The molecule has 0 aromatic heterocycles. The van der Waals surface area contributed by atoms with Crippen LogP contribution in [0.25, 0.3) is 6.08 Å². The van der Waals surface area contributed by atoms with Gasteiger partial charge in [0.2, 0.25) is 0 Å². The number of benzene rings is 1. The zero-order valence-corrected chi connectivity index (χ0v) is 12.7. The van der Waals surface area contributed by atoms with E-state index < -0.39 is 30.3 Å². The number of carboxylic acids is 2. The average Bonchev–Trinajstić information content (AvgIpc) is 2.72. The number of thiocarbonyl (C=S) groups is 1. The van der Waals surface area contributed by atoms with Crippen LogP contribution in [0.3, 0.4) is 0 Å². The largest absolute Gasteiger partial charge is 0.550 e. The standard InChI is InChI=1S/C14H11NO5S2/c16-11(17)7-9(13(19)20)15-12(18)10(22-14(15)21)6-8-4-2-1-3-5-8/h1-6,9H,7H2,(H,16,17)(H,19,20)/p-2/b10-6-/t9-/m1/s1. The molecular formula is C14H9NO5S2-2. The van der Waals surface area contributed by atoms with Gasteiger partial charge in [0.1, 0.15) is 4.32 Å². The van der Waals surface area contributed by atoms with Crippen LogP contribution in [0.4, 0.5) is 0 Å². The van der Waals surface area contributed by atoms with Crippen molar-refractivity contribution in [2.24, 2.45) is 0 Å². The molecule has 0 unspecified atom stereocenters. The zero-order chi connectivity index (χ0) is 16.3. The number of carbonyl (C=O) groups excluding carboxylic acids is 3. The molecule has 8 heteroatoms. The van der Waals surface area contributed by atoms with E-state index in [1.54, 1.807) is 30.3 Å². The topological polar surface area (TPSA) is 101 Å². The number of hydrogen-bond donors (Lipinski definition) is 0. The van der Waals surface area contributed by atoms with E-state index in [1.807, 2.05) is 6.07 Å². The molecule has 1 aromatic rings. The van der Waals surface area contributed by atoms with Crippen molar-refractivity contribution in [2.75, 3.05) is 0 Å². The Hall–Kier alpha value is -2.19. The first-order chi connectivity index (χ1) is 10.4. The summed E-state index contributed by atoms with van der Waals surface area (Å²) in [5.74, 6) is -3.95. The van der Waals surface area contributed by atoms with Crippen LogP contribution in [0.1, 0.15) is 12.0 Å². The highest BCUT2D eigenvalue weighted by atomic mass is 32.2. The van der Waals surface area contributed by atoms with Gasteiger partial charge in [-0.1, -0.05) is 54.3 Å². The molecule has 22 heavy (non-hydrogen) atoms. The van der Waals surface area contributed by atoms with Crippen LogP contribution in [0, 0.1) is 0 Å². The Balaban J connectivity index is 2.30. The highest BCUT2D eigenvalue weighted by Gasteiger charge is 2.37. The minimum Gasteiger partial charge on any atom is -0.550 e. The first-order valence-corrected chi connectivity index (χ1v) is 7.35. The summed E-state index contributed by atoms with van der Waals surface area (Å²) in [4.78, 5) is 35.0. The molecule has 0 bridgehead atoms. The molecule has 114 valence electrons. The van der Waals surface area contributed by atoms with Gasteiger partial charge < -0.3 is 19.8 Å². The lowest BCUT2D eigenvalue weighted by Crippen LogP contribution is -2.52. The Morgan fingerprint density at radius 2 is 1.91 bits per heavy atom. The van der Waals surface area contributed by atoms with Gasteiger partial charge >= 0.3 is 0 Å². The van der Waals surface area contributed by atoms with Crippen molar-refractivity contribution in [3.05, 3.63) is 40.8 Å². The van der Waals surface area contributed by atoms with Crippen molar-refractivity contribution in [1.82, 2.24) is 4.90 Å². The molecule has 1 amide bonds. The maximum Gasteiger partial charge on any atom is 0.266 e. The molecule has 0 aliphatic carbocycles. The second-order valence-electron chi connectivity index (χ2n) is 4.37. The van der Waals surface area contributed by atoms with Gasteiger partial charge in [0.25, 0.3) is 5.91 Å². The van der Waals surface area contributed by atoms with E-state index in [4.69, 9.17) is 12.2 Å². The maximum atomic E-state index is 12.3. The molecule has 1 fully saturated rings. The van der Waals surface area contributed by atoms with E-state index in [2.05, 4.69) is 0 Å². The lowest BCUT2D eigenvalue weighted by molar-refractivity contribution is -0.319. The fourth-order valence-corrected chi connectivity index (χ4v) is 3.24. The number of thioether (sulfide) groups is 1. The van der Waals surface area contributed by atoms with Gasteiger partial charge in [-0.15, -0.1) is 0 Å². The van der Waals surface area contributed by atoms with Crippen molar-refractivity contribution in [3.63, 3.8) is 0 Å². The molecule has 1 heterocycles. The van der Waals surface area contributed by atoms with Crippen LogP contribution in [0.2, 0.25) is 0 Å². The average molecular weight is 335 g/mol. The quantitative estimate of drug-likeness (QED) is 0.510. The monoisotopic (exact) mass is 335 g/mol. The molecule has 0 spiro atoms. The van der Waals surface area contributed by atoms with Crippen molar-refractivity contribution >= 4 is 52.2 Å². The smallest absolute Gasteiger partial charge is 0.266 e. The number of aliphatic carboxylic acids is 2. The lowest BCUT2D eigenvalue weighted by Gasteiger charge is -2.27. The summed E-state index contributed by atoms with van der Waals surface area (Å²) in [5.41, 5.74) is 0.743. The van der Waals surface area contributed by atoms with Crippen LogP contribution < -0.4 is 10.2 Å². The third-order valence-electron chi connectivity index (χ3n) is 2.86. The molecule has 2 rings (SSSR count). The summed E-state index contributed by atoms with van der Waals surface area (Å²) in [6.07, 6.45) is 0.679.